The summed E-state index contributed by atoms with van der Waals surface area (Å²) in [5.74, 6) is 1.34. The topological polar surface area (TPSA) is 40.1 Å². The summed E-state index contributed by atoms with van der Waals surface area (Å²) in [5.41, 5.74) is 0.897. The van der Waals surface area contributed by atoms with E-state index in [0.29, 0.717) is 5.92 Å². The Bertz CT molecular complexity index is 546. The van der Waals surface area contributed by atoms with Gasteiger partial charge in [-0.05, 0) is 38.0 Å². The van der Waals surface area contributed by atoms with E-state index in [1.54, 1.807) is 12.1 Å². The highest BCUT2D eigenvalue weighted by molar-refractivity contribution is 5.79. The zero-order chi connectivity index (χ0) is 18.1. The molecule has 1 aromatic carbocycles. The van der Waals surface area contributed by atoms with E-state index < -0.39 is 0 Å². The van der Waals surface area contributed by atoms with Crippen LogP contribution >= 0.6 is 0 Å². The summed E-state index contributed by atoms with van der Waals surface area (Å²) in [6, 6.07) is 6.69. The first-order valence-corrected chi connectivity index (χ1v) is 9.14. The number of guanidine groups is 1. The summed E-state index contributed by atoms with van der Waals surface area (Å²) in [6.07, 6.45) is 2.05. The fourth-order valence-corrected chi connectivity index (χ4v) is 3.01. The van der Waals surface area contributed by atoms with E-state index in [0.717, 1.165) is 63.9 Å². The maximum atomic E-state index is 13.3. The number of hydrogen-bond donors (Lipinski definition) is 1. The second-order valence-corrected chi connectivity index (χ2v) is 6.60. The van der Waals surface area contributed by atoms with Gasteiger partial charge in [-0.15, -0.1) is 0 Å². The summed E-state index contributed by atoms with van der Waals surface area (Å²) in [4.78, 5) is 8.98. The first kappa shape index (κ1) is 19.5. The van der Waals surface area contributed by atoms with Crippen LogP contribution in [0.1, 0.15) is 19.8 Å². The van der Waals surface area contributed by atoms with Gasteiger partial charge in [0.2, 0.25) is 0 Å². The lowest BCUT2D eigenvalue weighted by Crippen LogP contribution is -2.41. The van der Waals surface area contributed by atoms with Crippen molar-refractivity contribution in [2.75, 3.05) is 58.4 Å². The predicted molar refractivity (Wildman–Crippen MR) is 102 cm³/mol. The average Bonchev–Trinajstić information content (AvgIpc) is 3.10. The smallest absolute Gasteiger partial charge is 0.193 e. The molecule has 25 heavy (non-hydrogen) atoms. The molecule has 1 aliphatic rings. The van der Waals surface area contributed by atoms with Gasteiger partial charge in [0.15, 0.2) is 5.96 Å². The van der Waals surface area contributed by atoms with Crippen LogP contribution < -0.4 is 10.2 Å². The minimum atomic E-state index is -0.200. The number of benzene rings is 1. The molecule has 1 saturated heterocycles. The van der Waals surface area contributed by atoms with Crippen LogP contribution in [0.25, 0.3) is 0 Å². The third-order valence-electron chi connectivity index (χ3n) is 4.41. The van der Waals surface area contributed by atoms with Crippen molar-refractivity contribution >= 4 is 11.6 Å². The molecule has 5 nitrogen and oxygen atoms in total. The highest BCUT2D eigenvalue weighted by atomic mass is 19.1. The molecule has 0 aliphatic carbocycles. The van der Waals surface area contributed by atoms with Crippen molar-refractivity contribution in [1.82, 2.24) is 10.2 Å². The fraction of sp³-hybridized carbons (Fsp3) is 0.632. The number of halogens is 1. The second-order valence-electron chi connectivity index (χ2n) is 6.60. The van der Waals surface area contributed by atoms with Crippen LogP contribution in [0.5, 0.6) is 0 Å². The van der Waals surface area contributed by atoms with Crippen molar-refractivity contribution in [2.24, 2.45) is 10.9 Å². The van der Waals surface area contributed by atoms with Crippen molar-refractivity contribution in [3.63, 3.8) is 0 Å². The van der Waals surface area contributed by atoms with Crippen LogP contribution in [0.3, 0.4) is 0 Å². The molecule has 0 amide bonds. The Labute approximate surface area is 150 Å². The minimum absolute atomic E-state index is 0.200. The van der Waals surface area contributed by atoms with Gasteiger partial charge in [-0.2, -0.15) is 0 Å². The van der Waals surface area contributed by atoms with Crippen LogP contribution in [-0.4, -0.2) is 64.3 Å². The molecule has 1 fully saturated rings. The number of nitrogens with zero attached hydrogens (tertiary/aromatic N) is 3. The number of ether oxygens (including phenoxy) is 1. The van der Waals surface area contributed by atoms with Gasteiger partial charge in [-0.1, -0.05) is 6.07 Å². The molecule has 0 spiro atoms. The van der Waals surface area contributed by atoms with Crippen molar-refractivity contribution in [3.05, 3.63) is 30.1 Å². The lowest BCUT2D eigenvalue weighted by atomic mass is 10.1. The number of nitrogens with one attached hydrogen (secondary N) is 1. The predicted octanol–water partition coefficient (Wildman–Crippen LogP) is 2.59. The number of aliphatic imine (C=N–C) groups is 1. The van der Waals surface area contributed by atoms with E-state index in [9.17, 15) is 4.39 Å². The molecule has 1 aromatic rings. The van der Waals surface area contributed by atoms with Gasteiger partial charge in [0.1, 0.15) is 5.82 Å². The highest BCUT2D eigenvalue weighted by Crippen LogP contribution is 2.14. The van der Waals surface area contributed by atoms with Crippen LogP contribution in [0.2, 0.25) is 0 Å². The monoisotopic (exact) mass is 350 g/mol. The van der Waals surface area contributed by atoms with Crippen LogP contribution in [0.4, 0.5) is 10.1 Å². The first-order chi connectivity index (χ1) is 12.1. The van der Waals surface area contributed by atoms with Crippen LogP contribution in [0.15, 0.2) is 29.3 Å². The molecule has 1 N–H and O–H groups in total. The SMILES string of the molecule is CCNC(=NCCCN(C)c1cccc(F)c1)N(C)CC1CCOC1. The summed E-state index contributed by atoms with van der Waals surface area (Å²) in [7, 11) is 4.06. The molecule has 1 heterocycles. The van der Waals surface area contributed by atoms with E-state index in [2.05, 4.69) is 29.1 Å². The largest absolute Gasteiger partial charge is 0.381 e. The van der Waals surface area contributed by atoms with Gasteiger partial charge in [0.25, 0.3) is 0 Å². The molecule has 6 heteroatoms. The quantitative estimate of drug-likeness (QED) is 0.444. The van der Waals surface area contributed by atoms with Gasteiger partial charge in [-0.25, -0.2) is 4.39 Å². The van der Waals surface area contributed by atoms with E-state index in [1.807, 2.05) is 13.1 Å². The maximum absolute atomic E-state index is 13.3. The number of anilines is 1. The van der Waals surface area contributed by atoms with E-state index >= 15 is 0 Å². The Morgan fingerprint density at radius 2 is 2.24 bits per heavy atom. The molecule has 140 valence electrons. The van der Waals surface area contributed by atoms with Crippen molar-refractivity contribution in [3.8, 4) is 0 Å². The third-order valence-corrected chi connectivity index (χ3v) is 4.41. The number of hydrogen-bond acceptors (Lipinski definition) is 3. The molecule has 0 aromatic heterocycles. The summed E-state index contributed by atoms with van der Waals surface area (Å²) in [6.45, 7) is 7.21. The molecule has 1 atom stereocenters. The second kappa shape index (κ2) is 10.2. The Kier molecular flexibility index (Phi) is 7.98. The van der Waals surface area contributed by atoms with Gasteiger partial charge in [0.05, 0.1) is 6.61 Å². The molecule has 2 rings (SSSR count). The zero-order valence-electron chi connectivity index (χ0n) is 15.7. The molecule has 0 radical (unpaired) electrons. The zero-order valence-corrected chi connectivity index (χ0v) is 15.7. The Morgan fingerprint density at radius 3 is 2.92 bits per heavy atom. The highest BCUT2D eigenvalue weighted by Gasteiger charge is 2.18. The Hall–Kier alpha value is -1.82. The lowest BCUT2D eigenvalue weighted by Gasteiger charge is -2.24. The maximum Gasteiger partial charge on any atom is 0.193 e. The van der Waals surface area contributed by atoms with Gasteiger partial charge >= 0.3 is 0 Å². The van der Waals surface area contributed by atoms with Gasteiger partial charge in [0, 0.05) is 58.5 Å². The molecular weight excluding hydrogens is 319 g/mol. The third kappa shape index (κ3) is 6.53. The normalized spacial score (nSPS) is 17.6. The van der Waals surface area contributed by atoms with E-state index in [-0.39, 0.29) is 5.82 Å². The minimum Gasteiger partial charge on any atom is -0.381 e. The van der Waals surface area contributed by atoms with E-state index in [4.69, 9.17) is 9.73 Å². The van der Waals surface area contributed by atoms with Crippen LogP contribution in [0, 0.1) is 11.7 Å². The Balaban J connectivity index is 1.79. The molecule has 0 saturated carbocycles. The molecule has 1 unspecified atom stereocenters. The average molecular weight is 350 g/mol. The number of rotatable bonds is 8. The van der Waals surface area contributed by atoms with Crippen molar-refractivity contribution in [1.29, 1.82) is 0 Å². The van der Waals surface area contributed by atoms with Gasteiger partial charge < -0.3 is 19.9 Å². The van der Waals surface area contributed by atoms with Crippen molar-refractivity contribution < 1.29 is 9.13 Å². The van der Waals surface area contributed by atoms with E-state index in [1.165, 1.54) is 6.07 Å². The molecular formula is C19H31FN4O. The molecule has 0 bridgehead atoms. The standard InChI is InChI=1S/C19H31FN4O/c1-4-21-19(24(3)14-16-9-12-25-15-16)22-10-6-11-23(2)18-8-5-7-17(20)13-18/h5,7-8,13,16H,4,6,9-12,14-15H2,1-3H3,(H,21,22). The summed E-state index contributed by atoms with van der Waals surface area (Å²) < 4.78 is 18.7. The molecule has 1 aliphatic heterocycles. The summed E-state index contributed by atoms with van der Waals surface area (Å²) >= 11 is 0. The van der Waals surface area contributed by atoms with Crippen LogP contribution in [-0.2, 0) is 4.74 Å². The van der Waals surface area contributed by atoms with Gasteiger partial charge in [-0.3, -0.25) is 4.99 Å². The Morgan fingerprint density at radius 1 is 1.40 bits per heavy atom. The first-order valence-electron chi connectivity index (χ1n) is 9.14. The fourth-order valence-electron chi connectivity index (χ4n) is 3.01. The lowest BCUT2D eigenvalue weighted by molar-refractivity contribution is 0.181. The van der Waals surface area contributed by atoms with Crippen molar-refractivity contribution in [2.45, 2.75) is 19.8 Å². The summed E-state index contributed by atoms with van der Waals surface area (Å²) in [5, 5.41) is 3.36.